The van der Waals surface area contributed by atoms with E-state index in [1.807, 2.05) is 63.2 Å². The molecule has 0 aliphatic carbocycles. The number of nitrogens with one attached hydrogen (secondary N) is 1. The van der Waals surface area contributed by atoms with E-state index in [1.54, 1.807) is 4.90 Å². The molecule has 0 aromatic heterocycles. The van der Waals surface area contributed by atoms with Crippen molar-refractivity contribution < 1.29 is 14.5 Å². The van der Waals surface area contributed by atoms with Crippen LogP contribution < -0.4 is 4.90 Å². The van der Waals surface area contributed by atoms with E-state index in [4.69, 9.17) is 0 Å². The minimum absolute atomic E-state index is 0.00817. The Balaban J connectivity index is 2.26. The van der Waals surface area contributed by atoms with Crippen molar-refractivity contribution in [2.45, 2.75) is 34.6 Å². The van der Waals surface area contributed by atoms with Crippen LogP contribution in [0.15, 0.2) is 42.5 Å². The van der Waals surface area contributed by atoms with Crippen LogP contribution in [0.5, 0.6) is 0 Å². The Kier molecular flexibility index (Phi) is 7.94. The van der Waals surface area contributed by atoms with E-state index in [9.17, 15) is 9.59 Å². The molecule has 0 fully saturated rings. The first-order valence-corrected chi connectivity index (χ1v) is 10.2. The van der Waals surface area contributed by atoms with Crippen LogP contribution in [0, 0.1) is 20.8 Å². The van der Waals surface area contributed by atoms with Gasteiger partial charge in [-0.15, -0.1) is 0 Å². The van der Waals surface area contributed by atoms with Crippen LogP contribution in [0.1, 0.15) is 51.3 Å². The molecule has 0 atom stereocenters. The van der Waals surface area contributed by atoms with Crippen LogP contribution in [0.2, 0.25) is 0 Å². The van der Waals surface area contributed by atoms with Gasteiger partial charge < -0.3 is 9.80 Å². The number of ketones is 1. The van der Waals surface area contributed by atoms with E-state index in [0.717, 1.165) is 41.9 Å². The van der Waals surface area contributed by atoms with Gasteiger partial charge in [-0.1, -0.05) is 35.9 Å². The van der Waals surface area contributed by atoms with E-state index in [-0.39, 0.29) is 18.2 Å². The van der Waals surface area contributed by atoms with Crippen LogP contribution in [0.3, 0.4) is 0 Å². The normalized spacial score (nSPS) is 10.9. The van der Waals surface area contributed by atoms with Gasteiger partial charge in [0.1, 0.15) is 0 Å². The molecule has 0 heterocycles. The van der Waals surface area contributed by atoms with Crippen LogP contribution in [0.4, 0.5) is 0 Å². The predicted molar refractivity (Wildman–Crippen MR) is 114 cm³/mol. The van der Waals surface area contributed by atoms with Crippen molar-refractivity contribution in [1.29, 1.82) is 0 Å². The SMILES string of the molecule is CC[NH+](CC)CCN(CC(=O)c1c(C)cc(C)cc1C)C(=O)c1ccccc1. The average Bonchev–Trinajstić information content (AvgIpc) is 2.67. The molecule has 150 valence electrons. The lowest BCUT2D eigenvalue weighted by Crippen LogP contribution is -3.12. The molecule has 0 unspecified atom stereocenters. The van der Waals surface area contributed by atoms with Crippen molar-refractivity contribution in [2.24, 2.45) is 0 Å². The summed E-state index contributed by atoms with van der Waals surface area (Å²) in [6.07, 6.45) is 0. The van der Waals surface area contributed by atoms with Crippen LogP contribution >= 0.6 is 0 Å². The number of carbonyl (C=O) groups excluding carboxylic acids is 2. The summed E-state index contributed by atoms with van der Waals surface area (Å²) < 4.78 is 0. The summed E-state index contributed by atoms with van der Waals surface area (Å²) in [6.45, 7) is 13.8. The molecule has 0 spiro atoms. The summed E-state index contributed by atoms with van der Waals surface area (Å²) in [4.78, 5) is 29.3. The maximum absolute atomic E-state index is 13.1. The Morgan fingerprint density at radius 1 is 0.929 bits per heavy atom. The average molecular weight is 382 g/mol. The van der Waals surface area contributed by atoms with Gasteiger partial charge in [0.15, 0.2) is 5.78 Å². The molecule has 0 bridgehead atoms. The zero-order chi connectivity index (χ0) is 20.7. The molecule has 2 aromatic carbocycles. The summed E-state index contributed by atoms with van der Waals surface area (Å²) >= 11 is 0. The minimum atomic E-state index is -0.0806. The van der Waals surface area contributed by atoms with Gasteiger partial charge in [-0.25, -0.2) is 0 Å². The van der Waals surface area contributed by atoms with Gasteiger partial charge >= 0.3 is 0 Å². The summed E-state index contributed by atoms with van der Waals surface area (Å²) in [5.74, 6) is -0.0725. The molecule has 1 amide bonds. The number of amides is 1. The third-order valence-corrected chi connectivity index (χ3v) is 5.33. The second kappa shape index (κ2) is 10.2. The molecule has 28 heavy (non-hydrogen) atoms. The maximum Gasteiger partial charge on any atom is 0.254 e. The second-order valence-corrected chi connectivity index (χ2v) is 7.50. The van der Waals surface area contributed by atoms with E-state index < -0.39 is 0 Å². The fourth-order valence-electron chi connectivity index (χ4n) is 3.78. The predicted octanol–water partition coefficient (Wildman–Crippen LogP) is 2.86. The van der Waals surface area contributed by atoms with Crippen LogP contribution in [0.25, 0.3) is 0 Å². The molecule has 0 saturated carbocycles. The molecule has 0 saturated heterocycles. The van der Waals surface area contributed by atoms with Crippen molar-refractivity contribution >= 4 is 11.7 Å². The van der Waals surface area contributed by atoms with Crippen LogP contribution in [-0.2, 0) is 0 Å². The zero-order valence-electron chi connectivity index (χ0n) is 17.8. The summed E-state index contributed by atoms with van der Waals surface area (Å²) in [6, 6.07) is 13.3. The van der Waals surface area contributed by atoms with Gasteiger partial charge in [0, 0.05) is 11.1 Å². The van der Waals surface area contributed by atoms with Crippen molar-refractivity contribution in [1.82, 2.24) is 4.90 Å². The highest BCUT2D eigenvalue weighted by Gasteiger charge is 2.22. The first-order chi connectivity index (χ1) is 13.4. The monoisotopic (exact) mass is 381 g/mol. The van der Waals surface area contributed by atoms with E-state index in [0.29, 0.717) is 12.1 Å². The van der Waals surface area contributed by atoms with Crippen molar-refractivity contribution in [3.8, 4) is 0 Å². The lowest BCUT2D eigenvalue weighted by atomic mass is 9.96. The Morgan fingerprint density at radius 3 is 2.04 bits per heavy atom. The Hall–Kier alpha value is -2.46. The quantitative estimate of drug-likeness (QED) is 0.679. The number of quaternary nitrogens is 1. The van der Waals surface area contributed by atoms with Gasteiger partial charge in [-0.3, -0.25) is 9.59 Å². The molecule has 4 heteroatoms. The fraction of sp³-hybridized carbons (Fsp3) is 0.417. The Labute approximate surface area is 169 Å². The third kappa shape index (κ3) is 5.52. The lowest BCUT2D eigenvalue weighted by molar-refractivity contribution is -0.895. The first-order valence-electron chi connectivity index (χ1n) is 10.2. The zero-order valence-corrected chi connectivity index (χ0v) is 17.8. The summed E-state index contributed by atoms with van der Waals surface area (Å²) in [5, 5.41) is 0. The van der Waals surface area contributed by atoms with Gasteiger partial charge in [0.25, 0.3) is 5.91 Å². The topological polar surface area (TPSA) is 41.8 Å². The molecule has 2 aromatic rings. The molecule has 1 N–H and O–H groups in total. The molecular formula is C24H33N2O2+. The number of likely N-dealkylation sites (N-methyl/N-ethyl adjacent to an activating group) is 1. The molecule has 0 aliphatic rings. The van der Waals surface area contributed by atoms with Gasteiger partial charge in [-0.2, -0.15) is 0 Å². The summed E-state index contributed by atoms with van der Waals surface area (Å²) in [5.41, 5.74) is 4.47. The number of hydrogen-bond donors (Lipinski definition) is 1. The number of nitrogens with zero attached hydrogens (tertiary/aromatic N) is 1. The number of carbonyl (C=O) groups is 2. The highest BCUT2D eigenvalue weighted by molar-refractivity contribution is 6.03. The first kappa shape index (κ1) is 21.8. The largest absolute Gasteiger partial charge is 0.334 e. The van der Waals surface area contributed by atoms with Crippen LogP contribution in [-0.4, -0.2) is 49.3 Å². The van der Waals surface area contributed by atoms with Gasteiger partial charge in [-0.05, 0) is 57.9 Å². The lowest BCUT2D eigenvalue weighted by Gasteiger charge is -2.25. The number of aryl methyl sites for hydroxylation is 3. The second-order valence-electron chi connectivity index (χ2n) is 7.50. The number of Topliss-reactive ketones (excluding diaryl/α,β-unsaturated/α-hetero) is 1. The van der Waals surface area contributed by atoms with Gasteiger partial charge in [0.05, 0.1) is 32.7 Å². The standard InChI is InChI=1S/C24H32N2O2/c1-6-25(7-2)13-14-26(24(28)21-11-9-8-10-12-21)17-22(27)23-19(4)15-18(3)16-20(23)5/h8-12,15-16H,6-7,13-14,17H2,1-5H3/p+1. The Morgan fingerprint density at radius 2 is 1.50 bits per heavy atom. The smallest absolute Gasteiger partial charge is 0.254 e. The minimum Gasteiger partial charge on any atom is -0.334 e. The van der Waals surface area contributed by atoms with E-state index in [2.05, 4.69) is 13.8 Å². The molecule has 0 radical (unpaired) electrons. The molecular weight excluding hydrogens is 348 g/mol. The van der Waals surface area contributed by atoms with Crippen molar-refractivity contribution in [2.75, 3.05) is 32.7 Å². The Bertz CT molecular complexity index is 788. The third-order valence-electron chi connectivity index (χ3n) is 5.33. The van der Waals surface area contributed by atoms with E-state index >= 15 is 0 Å². The van der Waals surface area contributed by atoms with Crippen molar-refractivity contribution in [3.05, 3.63) is 70.3 Å². The number of rotatable bonds is 9. The van der Waals surface area contributed by atoms with E-state index in [1.165, 1.54) is 4.90 Å². The molecule has 0 aliphatic heterocycles. The van der Waals surface area contributed by atoms with Crippen molar-refractivity contribution in [3.63, 3.8) is 0 Å². The number of hydrogen-bond acceptors (Lipinski definition) is 2. The fourth-order valence-corrected chi connectivity index (χ4v) is 3.78. The van der Waals surface area contributed by atoms with Gasteiger partial charge in [0.2, 0.25) is 0 Å². The highest BCUT2D eigenvalue weighted by atomic mass is 16.2. The highest BCUT2D eigenvalue weighted by Crippen LogP contribution is 2.18. The molecule has 4 nitrogen and oxygen atoms in total. The molecule has 2 rings (SSSR count). The maximum atomic E-state index is 13.1. The summed E-state index contributed by atoms with van der Waals surface area (Å²) in [7, 11) is 0. The number of benzene rings is 2.